The van der Waals surface area contributed by atoms with Crippen LogP contribution in [0.4, 0.5) is 4.39 Å². The maximum absolute atomic E-state index is 13.1. The summed E-state index contributed by atoms with van der Waals surface area (Å²) in [6.45, 7) is 3.18. The fourth-order valence-corrected chi connectivity index (χ4v) is 2.41. The Labute approximate surface area is 124 Å². The number of halogens is 2. The molecule has 110 valence electrons. The van der Waals surface area contributed by atoms with Gasteiger partial charge < -0.3 is 5.11 Å². The molecule has 0 aliphatic rings. The molecule has 0 saturated heterocycles. The first-order valence-corrected chi connectivity index (χ1v) is 6.45. The van der Waals surface area contributed by atoms with Gasteiger partial charge in [0.25, 0.3) is 0 Å². The molecule has 0 aliphatic heterocycles. The van der Waals surface area contributed by atoms with E-state index in [9.17, 15) is 14.0 Å². The summed E-state index contributed by atoms with van der Waals surface area (Å²) in [5.74, 6) is -1.56. The molecule has 1 aromatic carbocycles. The number of aromatic nitrogens is 2. The van der Waals surface area contributed by atoms with E-state index in [0.717, 1.165) is 6.07 Å². The fourth-order valence-electron chi connectivity index (χ4n) is 2.15. The fraction of sp³-hybridized carbons (Fsp3) is 0.214. The molecular weight excluding hydrogens is 299 g/mol. The molecule has 0 fully saturated rings. The van der Waals surface area contributed by atoms with Gasteiger partial charge >= 0.3 is 11.7 Å². The minimum Gasteiger partial charge on any atom is -0.481 e. The third-order valence-corrected chi connectivity index (χ3v) is 3.44. The second kappa shape index (κ2) is 5.65. The van der Waals surface area contributed by atoms with Crippen molar-refractivity contribution in [2.45, 2.75) is 20.3 Å². The standard InChI is InChI=1S/C14H12ClFN2O3/c1-7-10(6-13(19)20)8(2)18(14(21)17-7)12-4-3-9(16)5-11(12)15/h3-5H,6H2,1-2H3,(H,19,20). The Morgan fingerprint density at radius 3 is 2.67 bits per heavy atom. The Morgan fingerprint density at radius 1 is 1.43 bits per heavy atom. The molecule has 1 N–H and O–H groups in total. The van der Waals surface area contributed by atoms with Gasteiger partial charge in [0.05, 0.1) is 17.1 Å². The van der Waals surface area contributed by atoms with Crippen LogP contribution < -0.4 is 5.69 Å². The maximum Gasteiger partial charge on any atom is 0.352 e. The lowest BCUT2D eigenvalue weighted by Gasteiger charge is -2.15. The number of nitrogens with zero attached hydrogens (tertiary/aromatic N) is 2. The highest BCUT2D eigenvalue weighted by Gasteiger charge is 2.17. The van der Waals surface area contributed by atoms with Gasteiger partial charge in [0, 0.05) is 17.0 Å². The molecule has 21 heavy (non-hydrogen) atoms. The minimum absolute atomic E-state index is 0.0483. The van der Waals surface area contributed by atoms with Crippen LogP contribution in [0.15, 0.2) is 23.0 Å². The van der Waals surface area contributed by atoms with E-state index in [1.807, 2.05) is 0 Å². The van der Waals surface area contributed by atoms with E-state index >= 15 is 0 Å². The maximum atomic E-state index is 13.1. The predicted octanol–water partition coefficient (Wildman–Crippen LogP) is 2.27. The number of carbonyl (C=O) groups is 1. The van der Waals surface area contributed by atoms with Crippen molar-refractivity contribution in [3.63, 3.8) is 0 Å². The number of hydrogen-bond acceptors (Lipinski definition) is 3. The molecule has 0 atom stereocenters. The van der Waals surface area contributed by atoms with E-state index in [2.05, 4.69) is 4.98 Å². The number of carboxylic acid groups (broad SMARTS) is 1. The molecular formula is C14H12ClFN2O3. The summed E-state index contributed by atoms with van der Waals surface area (Å²) >= 11 is 5.96. The van der Waals surface area contributed by atoms with Crippen LogP contribution in [0.3, 0.4) is 0 Å². The first-order valence-electron chi connectivity index (χ1n) is 6.07. The first-order chi connectivity index (χ1) is 9.81. The largest absolute Gasteiger partial charge is 0.481 e. The van der Waals surface area contributed by atoms with Gasteiger partial charge in [0.15, 0.2) is 0 Å². The summed E-state index contributed by atoms with van der Waals surface area (Å²) in [5, 5.41) is 8.99. The molecule has 2 aromatic rings. The van der Waals surface area contributed by atoms with Gasteiger partial charge in [-0.2, -0.15) is 4.98 Å². The summed E-state index contributed by atoms with van der Waals surface area (Å²) in [6.07, 6.45) is -0.260. The highest BCUT2D eigenvalue weighted by atomic mass is 35.5. The van der Waals surface area contributed by atoms with Crippen LogP contribution in [0.2, 0.25) is 5.02 Å². The summed E-state index contributed by atoms with van der Waals surface area (Å²) in [7, 11) is 0. The van der Waals surface area contributed by atoms with Crippen molar-refractivity contribution in [3.05, 3.63) is 56.5 Å². The van der Waals surface area contributed by atoms with Crippen molar-refractivity contribution in [2.24, 2.45) is 0 Å². The molecule has 0 spiro atoms. The van der Waals surface area contributed by atoms with Crippen LogP contribution in [0.1, 0.15) is 17.0 Å². The number of rotatable bonds is 3. The third kappa shape index (κ3) is 2.95. The third-order valence-electron chi connectivity index (χ3n) is 3.14. The van der Waals surface area contributed by atoms with Gasteiger partial charge in [0.1, 0.15) is 5.82 Å². The van der Waals surface area contributed by atoms with Gasteiger partial charge in [-0.3, -0.25) is 9.36 Å². The van der Waals surface area contributed by atoms with Crippen molar-refractivity contribution in [1.82, 2.24) is 9.55 Å². The average Bonchev–Trinajstić information content (AvgIpc) is 2.36. The summed E-state index contributed by atoms with van der Waals surface area (Å²) in [6, 6.07) is 3.61. The Balaban J connectivity index is 2.74. The number of hydrogen-bond donors (Lipinski definition) is 1. The van der Waals surface area contributed by atoms with E-state index in [4.69, 9.17) is 16.7 Å². The average molecular weight is 311 g/mol. The van der Waals surface area contributed by atoms with Crippen LogP contribution >= 0.6 is 11.6 Å². The topological polar surface area (TPSA) is 72.2 Å². The van der Waals surface area contributed by atoms with Crippen molar-refractivity contribution >= 4 is 17.6 Å². The second-order valence-corrected chi connectivity index (χ2v) is 4.95. The highest BCUT2D eigenvalue weighted by Crippen LogP contribution is 2.23. The van der Waals surface area contributed by atoms with Crippen LogP contribution in [-0.4, -0.2) is 20.6 Å². The molecule has 1 aromatic heterocycles. The molecule has 5 nitrogen and oxygen atoms in total. The zero-order valence-electron chi connectivity index (χ0n) is 11.4. The van der Waals surface area contributed by atoms with Gasteiger partial charge in [-0.05, 0) is 32.0 Å². The number of carboxylic acids is 1. The van der Waals surface area contributed by atoms with Crippen molar-refractivity contribution < 1.29 is 14.3 Å². The van der Waals surface area contributed by atoms with Gasteiger partial charge in [-0.1, -0.05) is 11.6 Å². The van der Waals surface area contributed by atoms with Gasteiger partial charge in [0.2, 0.25) is 0 Å². The SMILES string of the molecule is Cc1nc(=O)n(-c2ccc(F)cc2Cl)c(C)c1CC(=O)O. The van der Waals surface area contributed by atoms with Crippen LogP contribution in [0.25, 0.3) is 5.69 Å². The quantitative estimate of drug-likeness (QED) is 0.944. The lowest BCUT2D eigenvalue weighted by molar-refractivity contribution is -0.136. The molecule has 0 bridgehead atoms. The highest BCUT2D eigenvalue weighted by molar-refractivity contribution is 6.32. The molecule has 0 radical (unpaired) electrons. The minimum atomic E-state index is -1.03. The smallest absolute Gasteiger partial charge is 0.352 e. The summed E-state index contributed by atoms with van der Waals surface area (Å²) < 4.78 is 14.3. The molecule has 1 heterocycles. The molecule has 2 rings (SSSR count). The van der Waals surface area contributed by atoms with Crippen molar-refractivity contribution in [3.8, 4) is 5.69 Å². The Hall–Kier alpha value is -2.21. The molecule has 0 saturated carbocycles. The monoisotopic (exact) mass is 310 g/mol. The zero-order chi connectivity index (χ0) is 15.7. The normalized spacial score (nSPS) is 10.7. The first kappa shape index (κ1) is 15.2. The van der Waals surface area contributed by atoms with E-state index in [1.165, 1.54) is 16.7 Å². The molecule has 0 amide bonds. The van der Waals surface area contributed by atoms with Crippen LogP contribution in [0, 0.1) is 19.7 Å². The van der Waals surface area contributed by atoms with E-state index in [1.54, 1.807) is 13.8 Å². The predicted molar refractivity (Wildman–Crippen MR) is 75.6 cm³/mol. The summed E-state index contributed by atoms with van der Waals surface area (Å²) in [5.41, 5.74) is 0.882. The number of aryl methyl sites for hydroxylation is 1. The number of aliphatic carboxylic acids is 1. The van der Waals surface area contributed by atoms with E-state index < -0.39 is 17.5 Å². The number of benzene rings is 1. The molecule has 7 heteroatoms. The lowest BCUT2D eigenvalue weighted by atomic mass is 10.1. The Kier molecular flexibility index (Phi) is 4.09. The van der Waals surface area contributed by atoms with Crippen LogP contribution in [-0.2, 0) is 11.2 Å². The molecule has 0 unspecified atom stereocenters. The zero-order valence-corrected chi connectivity index (χ0v) is 12.1. The van der Waals surface area contributed by atoms with Gasteiger partial charge in [-0.15, -0.1) is 0 Å². The van der Waals surface area contributed by atoms with Gasteiger partial charge in [-0.25, -0.2) is 9.18 Å². The van der Waals surface area contributed by atoms with Crippen molar-refractivity contribution in [2.75, 3.05) is 0 Å². The summed E-state index contributed by atoms with van der Waals surface area (Å²) in [4.78, 5) is 26.8. The lowest BCUT2D eigenvalue weighted by Crippen LogP contribution is -2.27. The van der Waals surface area contributed by atoms with Crippen LogP contribution in [0.5, 0.6) is 0 Å². The van der Waals surface area contributed by atoms with E-state index in [0.29, 0.717) is 17.0 Å². The van der Waals surface area contributed by atoms with E-state index in [-0.39, 0.29) is 17.1 Å². The molecule has 0 aliphatic carbocycles. The van der Waals surface area contributed by atoms with Crippen molar-refractivity contribution in [1.29, 1.82) is 0 Å². The Morgan fingerprint density at radius 2 is 2.10 bits per heavy atom. The second-order valence-electron chi connectivity index (χ2n) is 4.55. The Bertz CT molecular complexity index is 787.